The lowest BCUT2D eigenvalue weighted by Crippen LogP contribution is -2.25. The molecule has 2 unspecified atom stereocenters. The molecular weight excluding hydrogens is 356 g/mol. The van der Waals surface area contributed by atoms with Crippen molar-refractivity contribution in [3.8, 4) is 28.1 Å². The third-order valence-electron chi connectivity index (χ3n) is 6.50. The number of rotatable bonds is 6. The molecule has 0 spiro atoms. The molecule has 1 aromatic heterocycles. The fourth-order valence-electron chi connectivity index (χ4n) is 4.91. The van der Waals surface area contributed by atoms with Gasteiger partial charge in [-0.1, -0.05) is 55.0 Å². The largest absolute Gasteiger partial charge is 0.496 e. The molecule has 29 heavy (non-hydrogen) atoms. The predicted molar refractivity (Wildman–Crippen MR) is 121 cm³/mol. The highest BCUT2D eigenvalue weighted by Gasteiger charge is 2.24. The lowest BCUT2D eigenvalue weighted by Gasteiger charge is -2.29. The van der Waals surface area contributed by atoms with E-state index >= 15 is 0 Å². The monoisotopic (exact) mass is 388 g/mol. The molecule has 0 radical (unpaired) electrons. The predicted octanol–water partition coefficient (Wildman–Crippen LogP) is 5.90. The van der Waals surface area contributed by atoms with Crippen LogP contribution < -0.4 is 10.5 Å². The second-order valence-electron chi connectivity index (χ2n) is 8.34. The van der Waals surface area contributed by atoms with Crippen LogP contribution in [-0.2, 0) is 6.54 Å². The van der Waals surface area contributed by atoms with Crippen LogP contribution in [0, 0.1) is 18.8 Å². The van der Waals surface area contributed by atoms with Gasteiger partial charge in [0.25, 0.3) is 0 Å². The zero-order valence-electron chi connectivity index (χ0n) is 17.6. The minimum atomic E-state index is 0.679. The number of nitrogens with zero attached hydrogens (tertiary/aromatic N) is 1. The molecule has 1 heterocycles. The molecule has 152 valence electrons. The summed E-state index contributed by atoms with van der Waals surface area (Å²) in [6.07, 6.45) is 5.13. The van der Waals surface area contributed by atoms with Gasteiger partial charge in [0.15, 0.2) is 0 Å². The first-order valence-corrected chi connectivity index (χ1v) is 10.8. The summed E-state index contributed by atoms with van der Waals surface area (Å²) in [6, 6.07) is 21.4. The molecule has 4 rings (SSSR count). The number of hydrogen-bond acceptors (Lipinski definition) is 2. The van der Waals surface area contributed by atoms with E-state index in [2.05, 4.69) is 60.0 Å². The highest BCUT2D eigenvalue weighted by molar-refractivity contribution is 5.78. The van der Waals surface area contributed by atoms with E-state index in [0.29, 0.717) is 11.8 Å². The first-order valence-electron chi connectivity index (χ1n) is 10.8. The number of para-hydroxylation sites is 1. The van der Waals surface area contributed by atoms with E-state index in [1.807, 2.05) is 12.1 Å². The zero-order valence-corrected chi connectivity index (χ0v) is 17.6. The number of aromatic nitrogens is 1. The maximum Gasteiger partial charge on any atom is 0.126 e. The summed E-state index contributed by atoms with van der Waals surface area (Å²) < 4.78 is 8.19. The Labute approximate surface area is 174 Å². The van der Waals surface area contributed by atoms with Gasteiger partial charge in [-0.2, -0.15) is 0 Å². The summed E-state index contributed by atoms with van der Waals surface area (Å²) in [5, 5.41) is 0. The van der Waals surface area contributed by atoms with Crippen molar-refractivity contribution >= 4 is 0 Å². The number of benzene rings is 2. The zero-order chi connectivity index (χ0) is 20.2. The molecule has 0 aliphatic heterocycles. The van der Waals surface area contributed by atoms with E-state index in [0.717, 1.165) is 24.4 Å². The molecule has 1 fully saturated rings. The lowest BCUT2D eigenvalue weighted by molar-refractivity contribution is 0.248. The summed E-state index contributed by atoms with van der Waals surface area (Å²) in [5.41, 5.74) is 12.3. The van der Waals surface area contributed by atoms with Crippen molar-refractivity contribution in [3.63, 3.8) is 0 Å². The van der Waals surface area contributed by atoms with E-state index in [1.165, 1.54) is 48.2 Å². The molecular formula is C26H32N2O. The van der Waals surface area contributed by atoms with Crippen LogP contribution >= 0.6 is 0 Å². The van der Waals surface area contributed by atoms with Gasteiger partial charge in [0.1, 0.15) is 5.75 Å². The molecule has 1 saturated carbocycles. The summed E-state index contributed by atoms with van der Waals surface area (Å²) >= 11 is 0. The van der Waals surface area contributed by atoms with Gasteiger partial charge in [0.05, 0.1) is 7.11 Å². The Balaban J connectivity index is 1.77. The average molecular weight is 389 g/mol. The second kappa shape index (κ2) is 8.87. The summed E-state index contributed by atoms with van der Waals surface area (Å²) in [6.45, 7) is 4.12. The van der Waals surface area contributed by atoms with Crippen molar-refractivity contribution < 1.29 is 4.74 Å². The van der Waals surface area contributed by atoms with Gasteiger partial charge in [-0.05, 0) is 62.3 Å². The molecule has 3 heteroatoms. The number of nitrogens with two attached hydrogens (primary N) is 1. The smallest absolute Gasteiger partial charge is 0.126 e. The Kier molecular flexibility index (Phi) is 6.05. The third-order valence-corrected chi connectivity index (χ3v) is 6.50. The first kappa shape index (κ1) is 19.8. The quantitative estimate of drug-likeness (QED) is 0.571. The van der Waals surface area contributed by atoms with Gasteiger partial charge < -0.3 is 15.0 Å². The molecule has 0 bridgehead atoms. The van der Waals surface area contributed by atoms with Gasteiger partial charge in [-0.15, -0.1) is 0 Å². The van der Waals surface area contributed by atoms with E-state index in [1.54, 1.807) is 7.11 Å². The van der Waals surface area contributed by atoms with E-state index < -0.39 is 0 Å². The molecule has 0 amide bonds. The van der Waals surface area contributed by atoms with Crippen molar-refractivity contribution in [1.82, 2.24) is 4.57 Å². The van der Waals surface area contributed by atoms with E-state index in [-0.39, 0.29) is 0 Å². The Morgan fingerprint density at radius 3 is 2.45 bits per heavy atom. The third kappa shape index (κ3) is 4.11. The first-order chi connectivity index (χ1) is 14.2. The molecule has 1 aliphatic rings. The van der Waals surface area contributed by atoms with Crippen LogP contribution in [0.1, 0.15) is 31.4 Å². The summed E-state index contributed by atoms with van der Waals surface area (Å²) in [5.74, 6) is 2.29. The Morgan fingerprint density at radius 1 is 0.966 bits per heavy atom. The molecule has 1 aliphatic carbocycles. The van der Waals surface area contributed by atoms with Gasteiger partial charge in [0, 0.05) is 29.1 Å². The Bertz CT molecular complexity index is 945. The molecule has 3 nitrogen and oxygen atoms in total. The number of methoxy groups -OCH3 is 1. The molecule has 3 aromatic rings. The maximum absolute atomic E-state index is 6.00. The van der Waals surface area contributed by atoms with Gasteiger partial charge in [0.2, 0.25) is 0 Å². The lowest BCUT2D eigenvalue weighted by atomic mass is 9.81. The topological polar surface area (TPSA) is 40.2 Å². The maximum atomic E-state index is 6.00. The summed E-state index contributed by atoms with van der Waals surface area (Å²) in [4.78, 5) is 0. The standard InChI is InChI=1S/C26H32N2O/c1-19-24(23-13-6-7-14-26(23)29-2)16-25(22-11-4-3-5-12-22)28(19)18-21-10-8-9-20(15-21)17-27/h3-7,11-14,16,20-21H,8-10,15,17-18,27H2,1-2H3. The highest BCUT2D eigenvalue weighted by atomic mass is 16.5. The van der Waals surface area contributed by atoms with Gasteiger partial charge >= 0.3 is 0 Å². The van der Waals surface area contributed by atoms with Crippen LogP contribution in [0.4, 0.5) is 0 Å². The van der Waals surface area contributed by atoms with Crippen LogP contribution in [0.3, 0.4) is 0 Å². The van der Waals surface area contributed by atoms with Gasteiger partial charge in [-0.25, -0.2) is 0 Å². The number of hydrogen-bond donors (Lipinski definition) is 1. The molecule has 2 aromatic carbocycles. The SMILES string of the molecule is COc1ccccc1-c1cc(-c2ccccc2)n(CC2CCCC(CN)C2)c1C. The van der Waals surface area contributed by atoms with Crippen molar-refractivity contribution in [2.75, 3.05) is 13.7 Å². The second-order valence-corrected chi connectivity index (χ2v) is 8.34. The minimum absolute atomic E-state index is 0.679. The molecule has 2 atom stereocenters. The van der Waals surface area contributed by atoms with Crippen molar-refractivity contribution in [2.24, 2.45) is 17.6 Å². The fourth-order valence-corrected chi connectivity index (χ4v) is 4.91. The van der Waals surface area contributed by atoms with Crippen molar-refractivity contribution in [2.45, 2.75) is 39.2 Å². The van der Waals surface area contributed by atoms with Crippen LogP contribution in [-0.4, -0.2) is 18.2 Å². The molecule has 2 N–H and O–H groups in total. The normalized spacial score (nSPS) is 19.3. The van der Waals surface area contributed by atoms with E-state index in [4.69, 9.17) is 10.5 Å². The van der Waals surface area contributed by atoms with Crippen molar-refractivity contribution in [3.05, 3.63) is 66.4 Å². The van der Waals surface area contributed by atoms with Crippen LogP contribution in [0.5, 0.6) is 5.75 Å². The Morgan fingerprint density at radius 2 is 1.69 bits per heavy atom. The van der Waals surface area contributed by atoms with Crippen LogP contribution in [0.15, 0.2) is 60.7 Å². The highest BCUT2D eigenvalue weighted by Crippen LogP contribution is 2.39. The van der Waals surface area contributed by atoms with Crippen LogP contribution in [0.2, 0.25) is 0 Å². The number of ether oxygens (including phenoxy) is 1. The molecule has 0 saturated heterocycles. The van der Waals surface area contributed by atoms with Gasteiger partial charge in [-0.3, -0.25) is 0 Å². The average Bonchev–Trinajstić information content (AvgIpc) is 3.10. The minimum Gasteiger partial charge on any atom is -0.496 e. The van der Waals surface area contributed by atoms with E-state index in [9.17, 15) is 0 Å². The Hall–Kier alpha value is -2.52. The van der Waals surface area contributed by atoms with Crippen molar-refractivity contribution in [1.29, 1.82) is 0 Å². The summed E-state index contributed by atoms with van der Waals surface area (Å²) in [7, 11) is 1.75. The fraction of sp³-hybridized carbons (Fsp3) is 0.385. The van der Waals surface area contributed by atoms with Crippen LogP contribution in [0.25, 0.3) is 22.4 Å².